The van der Waals surface area contributed by atoms with Crippen LogP contribution in [0.3, 0.4) is 0 Å². The first-order valence-electron chi connectivity index (χ1n) is 16.1. The van der Waals surface area contributed by atoms with Gasteiger partial charge >= 0.3 is 21.1 Å². The van der Waals surface area contributed by atoms with Crippen LogP contribution in [0.2, 0.25) is 0 Å². The van der Waals surface area contributed by atoms with Crippen LogP contribution in [0.25, 0.3) is 65.9 Å². The predicted molar refractivity (Wildman–Crippen MR) is 190 cm³/mol. The maximum Gasteiger partial charge on any atom is 2.00 e. The molecule has 0 saturated carbocycles. The summed E-state index contributed by atoms with van der Waals surface area (Å²) in [5.41, 5.74) is 8.93. The summed E-state index contributed by atoms with van der Waals surface area (Å²) < 4.78 is 10.6. The van der Waals surface area contributed by atoms with Gasteiger partial charge in [0.05, 0.1) is 11.3 Å². The third-order valence-electron chi connectivity index (χ3n) is 9.30. The van der Waals surface area contributed by atoms with Gasteiger partial charge in [-0.05, 0) is 57.0 Å². The van der Waals surface area contributed by atoms with Gasteiger partial charge in [-0.1, -0.05) is 110 Å². The van der Waals surface area contributed by atoms with Crippen molar-refractivity contribution in [1.82, 2.24) is 23.8 Å². The zero-order valence-electron chi connectivity index (χ0n) is 26.9. The van der Waals surface area contributed by atoms with Crippen molar-refractivity contribution in [2.24, 2.45) is 0 Å². The minimum atomic E-state index is 0. The van der Waals surface area contributed by atoms with Crippen LogP contribution in [0.15, 0.2) is 104 Å². The molecule has 0 spiro atoms. The summed E-state index contributed by atoms with van der Waals surface area (Å²) in [6.07, 6.45) is 9.41. The van der Waals surface area contributed by atoms with E-state index in [0.29, 0.717) is 23.3 Å². The van der Waals surface area contributed by atoms with Gasteiger partial charge in [0.2, 0.25) is 0 Å². The summed E-state index contributed by atoms with van der Waals surface area (Å²) in [5, 5.41) is 6.09. The first-order valence-corrected chi connectivity index (χ1v) is 16.1. The molecule has 6 nitrogen and oxygen atoms in total. The summed E-state index contributed by atoms with van der Waals surface area (Å²) in [4.78, 5) is 14.0. The van der Waals surface area contributed by atoms with Gasteiger partial charge in [-0.2, -0.15) is 0 Å². The number of hydrogen-bond donors (Lipinski definition) is 0. The van der Waals surface area contributed by atoms with Crippen LogP contribution >= 0.6 is 0 Å². The van der Waals surface area contributed by atoms with Crippen molar-refractivity contribution in [2.75, 3.05) is 0 Å². The smallest absolute Gasteiger partial charge is 0.497 e. The molecule has 0 atom stereocenters. The average molecular weight is 805 g/mol. The van der Waals surface area contributed by atoms with E-state index in [9.17, 15) is 0 Å². The number of aromatic nitrogens is 5. The number of nitrogens with zero attached hydrogens (tertiary/aromatic N) is 5. The van der Waals surface area contributed by atoms with Crippen molar-refractivity contribution >= 4 is 54.8 Å². The Bertz CT molecular complexity index is 2660. The van der Waals surface area contributed by atoms with E-state index in [-0.39, 0.29) is 21.1 Å². The molecule has 0 amide bonds. The van der Waals surface area contributed by atoms with Gasteiger partial charge in [0.25, 0.3) is 0 Å². The molecular formula is C41H31N5OPt. The molecule has 0 saturated heterocycles. The topological polar surface area (TPSA) is 56.7 Å². The Hall–Kier alpha value is -5.06. The van der Waals surface area contributed by atoms with Crippen LogP contribution < -0.4 is 4.74 Å². The molecule has 236 valence electrons. The van der Waals surface area contributed by atoms with Crippen LogP contribution in [0.1, 0.15) is 50.7 Å². The number of hydrogen-bond acceptors (Lipinski definition) is 4. The summed E-state index contributed by atoms with van der Waals surface area (Å²) in [6.45, 7) is 9.09. The summed E-state index contributed by atoms with van der Waals surface area (Å²) >= 11 is 0. The summed E-state index contributed by atoms with van der Waals surface area (Å²) in [5.74, 6) is 2.03. The Balaban J connectivity index is 0.00000336. The maximum absolute atomic E-state index is 6.42. The molecular weight excluding hydrogens is 774 g/mol. The van der Waals surface area contributed by atoms with Crippen LogP contribution in [0.4, 0.5) is 0 Å². The number of rotatable bonds is 5. The fourth-order valence-corrected chi connectivity index (χ4v) is 7.13. The molecule has 48 heavy (non-hydrogen) atoms. The second kappa shape index (κ2) is 11.6. The maximum atomic E-state index is 6.42. The summed E-state index contributed by atoms with van der Waals surface area (Å²) in [6, 6.07) is 32.7. The Morgan fingerprint density at radius 2 is 1.17 bits per heavy atom. The molecule has 5 aromatic heterocycles. The Labute approximate surface area is 292 Å². The Kier molecular flexibility index (Phi) is 7.30. The van der Waals surface area contributed by atoms with Crippen molar-refractivity contribution in [2.45, 2.75) is 39.5 Å². The molecule has 0 aliphatic carbocycles. The number of fused-ring (bicyclic) bond motifs is 12. The fraction of sp³-hybridized carbons (Fsp3) is 0.146. The zero-order valence-corrected chi connectivity index (χ0v) is 29.2. The molecule has 0 aliphatic heterocycles. The molecule has 9 aromatic rings. The van der Waals surface area contributed by atoms with E-state index in [4.69, 9.17) is 9.72 Å². The van der Waals surface area contributed by atoms with E-state index in [1.807, 2.05) is 41.2 Å². The first kappa shape index (κ1) is 30.3. The third-order valence-corrected chi connectivity index (χ3v) is 9.30. The molecule has 7 heteroatoms. The number of imidazole rings is 2. The quantitative estimate of drug-likeness (QED) is 0.128. The standard InChI is InChI=1S/C41H31N5O.Pt/c1-24(2)29-7-5-8-30(25(3)4)38(29)26-10-13-33-31-14-11-27(22-35(31)40-43-17-19-45(40)37(33)21-26)47-28-12-15-32-34-9-6-16-42-39(34)46-20-18-44-41(46)36(32)23-28;/h5-21,24-25H,1-4H3;/q-2;+2. The van der Waals surface area contributed by atoms with Gasteiger partial charge in [-0.25, -0.2) is 4.98 Å². The number of ether oxygens (including phenoxy) is 1. The van der Waals surface area contributed by atoms with Crippen LogP contribution in [0.5, 0.6) is 11.5 Å². The van der Waals surface area contributed by atoms with E-state index in [1.165, 1.54) is 22.3 Å². The van der Waals surface area contributed by atoms with Gasteiger partial charge in [-0.3, -0.25) is 9.97 Å². The van der Waals surface area contributed by atoms with Crippen molar-refractivity contribution < 1.29 is 25.8 Å². The van der Waals surface area contributed by atoms with Crippen molar-refractivity contribution in [3.63, 3.8) is 0 Å². The van der Waals surface area contributed by atoms with E-state index in [1.54, 1.807) is 12.4 Å². The van der Waals surface area contributed by atoms with Crippen molar-refractivity contribution in [1.29, 1.82) is 0 Å². The van der Waals surface area contributed by atoms with E-state index in [0.717, 1.165) is 54.8 Å². The van der Waals surface area contributed by atoms with Gasteiger partial charge in [0.1, 0.15) is 5.65 Å². The second-order valence-electron chi connectivity index (χ2n) is 12.8. The van der Waals surface area contributed by atoms with Crippen molar-refractivity contribution in [3.05, 3.63) is 127 Å². The molecule has 9 rings (SSSR count). The SMILES string of the molecule is CC(C)c1cccc(C(C)C)c1-c1ccc2c3ccc(Oc4[c-]c5c(cc4)c4cccnc4n4ccnc54)[c-]c3c3nccn3c2c1.[Pt+2]. The zero-order chi connectivity index (χ0) is 31.8. The normalized spacial score (nSPS) is 12.0. The van der Waals surface area contributed by atoms with Crippen LogP contribution in [-0.2, 0) is 21.1 Å². The molecule has 5 heterocycles. The molecule has 4 aromatic carbocycles. The molecule has 0 fully saturated rings. The van der Waals surface area contributed by atoms with Crippen molar-refractivity contribution in [3.8, 4) is 22.6 Å². The third kappa shape index (κ3) is 4.62. The molecule has 0 aliphatic rings. The van der Waals surface area contributed by atoms with Crippen LogP contribution in [-0.4, -0.2) is 23.8 Å². The fourth-order valence-electron chi connectivity index (χ4n) is 7.13. The molecule has 0 bridgehead atoms. The average Bonchev–Trinajstić information content (AvgIpc) is 3.79. The Morgan fingerprint density at radius 1 is 0.583 bits per heavy atom. The van der Waals surface area contributed by atoms with E-state index < -0.39 is 0 Å². The van der Waals surface area contributed by atoms with E-state index in [2.05, 4.69) is 109 Å². The minimum absolute atomic E-state index is 0. The van der Waals surface area contributed by atoms with Gasteiger partial charge < -0.3 is 13.5 Å². The Morgan fingerprint density at radius 3 is 1.83 bits per heavy atom. The van der Waals surface area contributed by atoms with Crippen LogP contribution in [0, 0.1) is 12.1 Å². The minimum Gasteiger partial charge on any atom is -0.497 e. The first-order chi connectivity index (χ1) is 23.0. The number of benzene rings is 4. The molecule has 0 radical (unpaired) electrons. The second-order valence-corrected chi connectivity index (χ2v) is 12.8. The largest absolute Gasteiger partial charge is 2.00 e. The van der Waals surface area contributed by atoms with Gasteiger partial charge in [0.15, 0.2) is 0 Å². The molecule has 0 unspecified atom stereocenters. The predicted octanol–water partition coefficient (Wildman–Crippen LogP) is 10.3. The molecule has 0 N–H and O–H groups in total. The van der Waals surface area contributed by atoms with E-state index >= 15 is 0 Å². The summed E-state index contributed by atoms with van der Waals surface area (Å²) in [7, 11) is 0. The van der Waals surface area contributed by atoms with Gasteiger partial charge in [-0.15, -0.1) is 12.1 Å². The number of pyridine rings is 3. The van der Waals surface area contributed by atoms with Gasteiger partial charge in [0, 0.05) is 48.0 Å². The monoisotopic (exact) mass is 804 g/mol.